The molecule has 5 rings (SSSR count). The molecule has 2 amide bonds. The first-order valence-electron chi connectivity index (χ1n) is 9.17. The van der Waals surface area contributed by atoms with Crippen LogP contribution in [0.5, 0.6) is 11.5 Å². The quantitative estimate of drug-likeness (QED) is 0.707. The van der Waals surface area contributed by atoms with Crippen molar-refractivity contribution in [2.75, 3.05) is 18.7 Å². The Labute approximate surface area is 165 Å². The lowest BCUT2D eigenvalue weighted by atomic mass is 10.00. The summed E-state index contributed by atoms with van der Waals surface area (Å²) in [6.07, 6.45) is 1.91. The molecule has 0 fully saturated rings. The van der Waals surface area contributed by atoms with Crippen LogP contribution in [0, 0.1) is 11.6 Å². The maximum atomic E-state index is 13.9. The molecule has 0 unspecified atom stereocenters. The molecule has 0 aliphatic carbocycles. The van der Waals surface area contributed by atoms with Crippen molar-refractivity contribution in [1.82, 2.24) is 9.47 Å². The van der Waals surface area contributed by atoms with Crippen LogP contribution in [0.1, 0.15) is 17.3 Å². The molecule has 1 N–H and O–H groups in total. The molecule has 2 aliphatic heterocycles. The van der Waals surface area contributed by atoms with Crippen molar-refractivity contribution in [3.8, 4) is 11.5 Å². The molecule has 0 radical (unpaired) electrons. The number of nitrogens with zero attached hydrogens (tertiary/aromatic N) is 2. The number of rotatable bonds is 2. The van der Waals surface area contributed by atoms with E-state index in [2.05, 4.69) is 5.32 Å². The maximum absolute atomic E-state index is 13.9. The number of carbonyl (C=O) groups excluding carboxylic acids is 1. The second kappa shape index (κ2) is 6.80. The van der Waals surface area contributed by atoms with Gasteiger partial charge in [0.15, 0.2) is 23.1 Å². The van der Waals surface area contributed by atoms with Gasteiger partial charge in [0.05, 0.1) is 6.04 Å². The second-order valence-electron chi connectivity index (χ2n) is 6.89. The van der Waals surface area contributed by atoms with Gasteiger partial charge in [-0.05, 0) is 42.0 Å². The van der Waals surface area contributed by atoms with Gasteiger partial charge in [0, 0.05) is 36.7 Å². The Morgan fingerprint density at radius 2 is 1.86 bits per heavy atom. The van der Waals surface area contributed by atoms with E-state index in [1.54, 1.807) is 23.1 Å². The molecule has 2 aromatic carbocycles. The van der Waals surface area contributed by atoms with Crippen molar-refractivity contribution in [1.29, 1.82) is 0 Å². The first-order valence-corrected chi connectivity index (χ1v) is 9.17. The van der Waals surface area contributed by atoms with Gasteiger partial charge in [-0.15, -0.1) is 0 Å². The predicted molar refractivity (Wildman–Crippen MR) is 101 cm³/mol. The molecular weight excluding hydrogens is 380 g/mol. The van der Waals surface area contributed by atoms with E-state index in [1.807, 2.05) is 22.9 Å². The van der Waals surface area contributed by atoms with Crippen LogP contribution in [0.3, 0.4) is 0 Å². The van der Waals surface area contributed by atoms with Crippen LogP contribution in [0.4, 0.5) is 19.3 Å². The number of fused-ring (bicyclic) bond motifs is 2. The molecule has 29 heavy (non-hydrogen) atoms. The second-order valence-corrected chi connectivity index (χ2v) is 6.89. The summed E-state index contributed by atoms with van der Waals surface area (Å²) in [5.74, 6) is -0.676. The third-order valence-corrected chi connectivity index (χ3v) is 5.18. The SMILES string of the molecule is O=C(Nc1ccc2c(c1)OCO2)N1CCn2cccc2[C@H]1c1ccc(F)c(F)c1. The molecule has 1 aromatic heterocycles. The molecule has 0 saturated carbocycles. The molecule has 8 heteroatoms. The summed E-state index contributed by atoms with van der Waals surface area (Å²) in [6.45, 7) is 1.17. The smallest absolute Gasteiger partial charge is 0.322 e. The van der Waals surface area contributed by atoms with Gasteiger partial charge in [-0.25, -0.2) is 13.6 Å². The van der Waals surface area contributed by atoms with Crippen molar-refractivity contribution in [3.63, 3.8) is 0 Å². The van der Waals surface area contributed by atoms with Gasteiger partial charge in [0.2, 0.25) is 6.79 Å². The highest BCUT2D eigenvalue weighted by atomic mass is 19.2. The number of carbonyl (C=O) groups is 1. The fourth-order valence-corrected chi connectivity index (χ4v) is 3.80. The zero-order valence-electron chi connectivity index (χ0n) is 15.3. The molecule has 6 nitrogen and oxygen atoms in total. The third kappa shape index (κ3) is 3.06. The highest BCUT2D eigenvalue weighted by molar-refractivity contribution is 5.90. The lowest BCUT2D eigenvalue weighted by molar-refractivity contribution is 0.174. The number of urea groups is 1. The standard InChI is InChI=1S/C21H17F2N3O3/c22-15-5-3-13(10-16(15)23)20-17-2-1-7-25(17)8-9-26(20)21(27)24-14-4-6-18-19(11-14)29-12-28-18/h1-7,10-11,20H,8-9,12H2,(H,24,27)/t20-/m1/s1. The molecule has 3 heterocycles. The number of anilines is 1. The normalized spacial score (nSPS) is 17.2. The van der Waals surface area contributed by atoms with Gasteiger partial charge in [0.25, 0.3) is 0 Å². The molecule has 1 atom stereocenters. The number of nitrogens with one attached hydrogen (secondary N) is 1. The average Bonchev–Trinajstić information content (AvgIpc) is 3.38. The predicted octanol–water partition coefficient (Wildman–Crippen LogP) is 4.13. The van der Waals surface area contributed by atoms with Gasteiger partial charge in [-0.2, -0.15) is 0 Å². The molecule has 0 spiro atoms. The molecule has 148 valence electrons. The van der Waals surface area contributed by atoms with Crippen molar-refractivity contribution >= 4 is 11.7 Å². The summed E-state index contributed by atoms with van der Waals surface area (Å²) in [5.41, 5.74) is 1.90. The Kier molecular flexibility index (Phi) is 4.12. The Balaban J connectivity index is 1.47. The van der Waals surface area contributed by atoms with Gasteiger partial charge in [-0.3, -0.25) is 0 Å². The monoisotopic (exact) mass is 397 g/mol. The lowest BCUT2D eigenvalue weighted by Gasteiger charge is -2.37. The van der Waals surface area contributed by atoms with Crippen LogP contribution in [-0.2, 0) is 6.54 Å². The highest BCUT2D eigenvalue weighted by Gasteiger charge is 2.33. The number of ether oxygens (including phenoxy) is 2. The fraction of sp³-hybridized carbons (Fsp3) is 0.190. The van der Waals surface area contributed by atoms with E-state index < -0.39 is 17.7 Å². The zero-order chi connectivity index (χ0) is 20.0. The van der Waals surface area contributed by atoms with Crippen LogP contribution >= 0.6 is 0 Å². The Hall–Kier alpha value is -3.55. The van der Waals surface area contributed by atoms with Gasteiger partial charge in [0.1, 0.15) is 0 Å². The number of hydrogen-bond donors (Lipinski definition) is 1. The summed E-state index contributed by atoms with van der Waals surface area (Å²) < 4.78 is 40.0. The Bertz CT molecular complexity index is 1100. The fourth-order valence-electron chi connectivity index (χ4n) is 3.80. The van der Waals surface area contributed by atoms with Gasteiger partial charge < -0.3 is 24.3 Å². The lowest BCUT2D eigenvalue weighted by Crippen LogP contribution is -2.44. The molecule has 0 saturated heterocycles. The first kappa shape index (κ1) is 17.5. The van der Waals surface area contributed by atoms with E-state index in [9.17, 15) is 13.6 Å². The van der Waals surface area contributed by atoms with E-state index in [0.29, 0.717) is 35.8 Å². The summed E-state index contributed by atoms with van der Waals surface area (Å²) in [7, 11) is 0. The van der Waals surface area contributed by atoms with Crippen LogP contribution in [-0.4, -0.2) is 28.8 Å². The van der Waals surface area contributed by atoms with Crippen LogP contribution in [0.25, 0.3) is 0 Å². The minimum atomic E-state index is -0.942. The first-order chi connectivity index (χ1) is 14.1. The van der Waals surface area contributed by atoms with E-state index in [-0.39, 0.29) is 12.8 Å². The average molecular weight is 397 g/mol. The summed E-state index contributed by atoms with van der Waals surface area (Å²) in [6, 6.07) is 11.8. The Morgan fingerprint density at radius 3 is 2.72 bits per heavy atom. The van der Waals surface area contributed by atoms with Crippen LogP contribution < -0.4 is 14.8 Å². The minimum Gasteiger partial charge on any atom is -0.454 e. The van der Waals surface area contributed by atoms with E-state index in [4.69, 9.17) is 9.47 Å². The number of halogens is 2. The summed E-state index contributed by atoms with van der Waals surface area (Å²) in [5, 5.41) is 2.86. The minimum absolute atomic E-state index is 0.147. The molecule has 3 aromatic rings. The zero-order valence-corrected chi connectivity index (χ0v) is 15.3. The van der Waals surface area contributed by atoms with E-state index >= 15 is 0 Å². The number of amides is 2. The largest absolute Gasteiger partial charge is 0.454 e. The van der Waals surface area contributed by atoms with Crippen molar-refractivity contribution < 1.29 is 23.0 Å². The maximum Gasteiger partial charge on any atom is 0.322 e. The van der Waals surface area contributed by atoms with Gasteiger partial charge >= 0.3 is 6.03 Å². The number of benzene rings is 2. The molecular formula is C21H17F2N3O3. The highest BCUT2D eigenvalue weighted by Crippen LogP contribution is 2.36. The summed E-state index contributed by atoms with van der Waals surface area (Å²) >= 11 is 0. The third-order valence-electron chi connectivity index (χ3n) is 5.18. The molecule has 2 aliphatic rings. The topological polar surface area (TPSA) is 55.7 Å². The van der Waals surface area contributed by atoms with Crippen molar-refractivity contribution in [2.24, 2.45) is 0 Å². The molecule has 0 bridgehead atoms. The van der Waals surface area contributed by atoms with Crippen molar-refractivity contribution in [2.45, 2.75) is 12.6 Å². The van der Waals surface area contributed by atoms with Gasteiger partial charge in [-0.1, -0.05) is 6.07 Å². The van der Waals surface area contributed by atoms with Crippen molar-refractivity contribution in [3.05, 3.63) is 77.6 Å². The number of aromatic nitrogens is 1. The van der Waals surface area contributed by atoms with Crippen LogP contribution in [0.15, 0.2) is 54.7 Å². The summed E-state index contributed by atoms with van der Waals surface area (Å²) in [4.78, 5) is 14.7. The number of hydrogen-bond acceptors (Lipinski definition) is 3. The Morgan fingerprint density at radius 1 is 1.00 bits per heavy atom. The van der Waals surface area contributed by atoms with E-state index in [1.165, 1.54) is 6.07 Å². The van der Waals surface area contributed by atoms with Crippen LogP contribution in [0.2, 0.25) is 0 Å². The van der Waals surface area contributed by atoms with E-state index in [0.717, 1.165) is 17.8 Å².